The number of aromatic nitrogens is 1. The largest absolute Gasteiger partial charge is 0.456 e. The van der Waals surface area contributed by atoms with E-state index in [2.05, 4.69) is 0 Å². The fourth-order valence-corrected chi connectivity index (χ4v) is 2.53. The molecule has 1 heterocycles. The van der Waals surface area contributed by atoms with Crippen LogP contribution in [0, 0.1) is 0 Å². The topological polar surface area (TPSA) is 74.6 Å². The van der Waals surface area contributed by atoms with Crippen molar-refractivity contribution in [3.8, 4) is 0 Å². The Morgan fingerprint density at radius 2 is 2.10 bits per heavy atom. The summed E-state index contributed by atoms with van der Waals surface area (Å²) in [4.78, 5) is 12.0. The molecule has 0 fully saturated rings. The highest BCUT2D eigenvalue weighted by molar-refractivity contribution is 8.13. The number of aryl methyl sites for hydroxylation is 1. The first-order valence-corrected chi connectivity index (χ1v) is 9.04. The molecule has 120 valence electrons. The van der Waals surface area contributed by atoms with E-state index < -0.39 is 21.1 Å². The van der Waals surface area contributed by atoms with E-state index in [0.29, 0.717) is 13.2 Å². The summed E-state index contributed by atoms with van der Waals surface area (Å²) in [5.74, 6) is -0.595. The van der Waals surface area contributed by atoms with E-state index in [9.17, 15) is 13.2 Å². The van der Waals surface area contributed by atoms with Crippen molar-refractivity contribution in [3.63, 3.8) is 0 Å². The van der Waals surface area contributed by atoms with Gasteiger partial charge in [-0.2, -0.15) is 0 Å². The van der Waals surface area contributed by atoms with Crippen LogP contribution in [-0.2, 0) is 25.1 Å². The lowest BCUT2D eigenvalue weighted by Gasteiger charge is -2.14. The Kier molecular flexibility index (Phi) is 6.70. The summed E-state index contributed by atoms with van der Waals surface area (Å²) in [6.07, 6.45) is 1.67. The second-order valence-corrected chi connectivity index (χ2v) is 7.13. The summed E-state index contributed by atoms with van der Waals surface area (Å²) in [5.41, 5.74) is 0.166. The molecule has 0 amide bonds. The Labute approximate surface area is 129 Å². The van der Waals surface area contributed by atoms with Crippen molar-refractivity contribution in [3.05, 3.63) is 18.0 Å². The highest BCUT2D eigenvalue weighted by atomic mass is 35.7. The molecule has 0 bridgehead atoms. The van der Waals surface area contributed by atoms with E-state index in [1.54, 1.807) is 6.92 Å². The predicted molar refractivity (Wildman–Crippen MR) is 79.1 cm³/mol. The Balaban J connectivity index is 2.94. The van der Waals surface area contributed by atoms with Gasteiger partial charge in [0, 0.05) is 30.0 Å². The van der Waals surface area contributed by atoms with Gasteiger partial charge in [0.1, 0.15) is 16.7 Å². The Hall–Kier alpha value is -1.05. The van der Waals surface area contributed by atoms with Crippen LogP contribution in [0.2, 0.25) is 0 Å². The van der Waals surface area contributed by atoms with Crippen LogP contribution in [0.4, 0.5) is 0 Å². The van der Waals surface area contributed by atoms with Gasteiger partial charge in [-0.15, -0.1) is 0 Å². The van der Waals surface area contributed by atoms with Crippen molar-refractivity contribution in [1.82, 2.24) is 4.57 Å². The van der Waals surface area contributed by atoms with Gasteiger partial charge in [-0.3, -0.25) is 0 Å². The van der Waals surface area contributed by atoms with Gasteiger partial charge >= 0.3 is 5.97 Å². The van der Waals surface area contributed by atoms with Crippen molar-refractivity contribution in [2.24, 2.45) is 0 Å². The SMILES string of the molecule is CCCn1cc(S(=O)(=O)Cl)cc1C(=O)OC(C)COCC. The molecule has 0 saturated heterocycles. The summed E-state index contributed by atoms with van der Waals surface area (Å²) in [6, 6.07) is 1.23. The number of nitrogens with zero attached hydrogens (tertiary/aromatic N) is 1. The third-order valence-corrected chi connectivity index (χ3v) is 4.01. The van der Waals surface area contributed by atoms with Crippen LogP contribution in [0.3, 0.4) is 0 Å². The van der Waals surface area contributed by atoms with Gasteiger partial charge in [0.15, 0.2) is 0 Å². The monoisotopic (exact) mass is 337 g/mol. The third-order valence-electron chi connectivity index (χ3n) is 2.69. The molecule has 1 rings (SSSR count). The van der Waals surface area contributed by atoms with Crippen LogP contribution in [0.1, 0.15) is 37.7 Å². The Bertz CT molecular complexity index is 581. The van der Waals surface area contributed by atoms with Crippen LogP contribution in [0.5, 0.6) is 0 Å². The summed E-state index contributed by atoms with van der Waals surface area (Å²) in [6.45, 7) is 6.79. The molecule has 0 aliphatic heterocycles. The van der Waals surface area contributed by atoms with Crippen LogP contribution in [-0.4, -0.2) is 38.3 Å². The molecule has 0 aliphatic carbocycles. The minimum atomic E-state index is -3.88. The zero-order chi connectivity index (χ0) is 16.0. The van der Waals surface area contributed by atoms with E-state index in [1.165, 1.54) is 16.8 Å². The predicted octanol–water partition coefficient (Wildman–Crippen LogP) is 2.41. The fraction of sp³-hybridized carbons (Fsp3) is 0.615. The van der Waals surface area contributed by atoms with Gasteiger partial charge in [0.25, 0.3) is 9.05 Å². The van der Waals surface area contributed by atoms with Gasteiger partial charge in [0.2, 0.25) is 0 Å². The average molecular weight is 338 g/mol. The van der Waals surface area contributed by atoms with E-state index in [-0.39, 0.29) is 17.2 Å². The highest BCUT2D eigenvalue weighted by Crippen LogP contribution is 2.20. The third kappa shape index (κ3) is 5.33. The summed E-state index contributed by atoms with van der Waals surface area (Å²) >= 11 is 0. The minimum Gasteiger partial charge on any atom is -0.456 e. The van der Waals surface area contributed by atoms with Gasteiger partial charge in [0.05, 0.1) is 6.61 Å². The average Bonchev–Trinajstić information content (AvgIpc) is 2.81. The normalized spacial score (nSPS) is 13.1. The number of esters is 1. The molecule has 1 aromatic heterocycles. The molecule has 0 radical (unpaired) electrons. The minimum absolute atomic E-state index is 0.109. The number of hydrogen-bond donors (Lipinski definition) is 0. The lowest BCUT2D eigenvalue weighted by atomic mass is 10.4. The van der Waals surface area contributed by atoms with Gasteiger partial charge in [-0.05, 0) is 26.3 Å². The van der Waals surface area contributed by atoms with E-state index in [1.807, 2.05) is 13.8 Å². The molecular formula is C13H20ClNO5S. The zero-order valence-corrected chi connectivity index (χ0v) is 13.9. The lowest BCUT2D eigenvalue weighted by Crippen LogP contribution is -2.22. The molecule has 0 aromatic carbocycles. The van der Waals surface area contributed by atoms with Crippen LogP contribution in [0.25, 0.3) is 0 Å². The first-order valence-electron chi connectivity index (χ1n) is 6.73. The number of halogens is 1. The number of carbonyl (C=O) groups is 1. The molecule has 8 heteroatoms. The lowest BCUT2D eigenvalue weighted by molar-refractivity contribution is 0.00346. The van der Waals surface area contributed by atoms with E-state index >= 15 is 0 Å². The molecule has 6 nitrogen and oxygen atoms in total. The number of hydrogen-bond acceptors (Lipinski definition) is 5. The van der Waals surface area contributed by atoms with Gasteiger partial charge < -0.3 is 14.0 Å². The molecular weight excluding hydrogens is 318 g/mol. The van der Waals surface area contributed by atoms with Crippen LogP contribution < -0.4 is 0 Å². The first-order chi connectivity index (χ1) is 9.79. The van der Waals surface area contributed by atoms with Crippen molar-refractivity contribution >= 4 is 25.7 Å². The highest BCUT2D eigenvalue weighted by Gasteiger charge is 2.22. The molecule has 1 unspecified atom stereocenters. The van der Waals surface area contributed by atoms with Crippen molar-refractivity contribution in [2.75, 3.05) is 13.2 Å². The van der Waals surface area contributed by atoms with Gasteiger partial charge in [-0.1, -0.05) is 6.92 Å². The first kappa shape index (κ1) is 18.0. The molecule has 1 atom stereocenters. The summed E-state index contributed by atoms with van der Waals surface area (Å²) < 4.78 is 34.7. The summed E-state index contributed by atoms with van der Waals surface area (Å²) in [5, 5.41) is 0. The van der Waals surface area contributed by atoms with Crippen LogP contribution in [0.15, 0.2) is 17.2 Å². The van der Waals surface area contributed by atoms with Crippen molar-refractivity contribution < 1.29 is 22.7 Å². The second-order valence-electron chi connectivity index (χ2n) is 4.57. The second kappa shape index (κ2) is 7.82. The number of ether oxygens (including phenoxy) is 2. The molecule has 0 N–H and O–H groups in total. The van der Waals surface area contributed by atoms with Crippen molar-refractivity contribution in [1.29, 1.82) is 0 Å². The quantitative estimate of drug-likeness (QED) is 0.538. The molecule has 0 aliphatic rings. The maximum atomic E-state index is 12.1. The van der Waals surface area contributed by atoms with E-state index in [4.69, 9.17) is 20.2 Å². The Morgan fingerprint density at radius 3 is 2.62 bits per heavy atom. The van der Waals surface area contributed by atoms with E-state index in [0.717, 1.165) is 6.42 Å². The molecule has 21 heavy (non-hydrogen) atoms. The maximum absolute atomic E-state index is 12.1. The molecule has 0 spiro atoms. The fourth-order valence-electron chi connectivity index (χ4n) is 1.77. The van der Waals surface area contributed by atoms with Crippen molar-refractivity contribution in [2.45, 2.75) is 44.7 Å². The maximum Gasteiger partial charge on any atom is 0.355 e. The smallest absolute Gasteiger partial charge is 0.355 e. The molecule has 1 aromatic rings. The Morgan fingerprint density at radius 1 is 1.43 bits per heavy atom. The van der Waals surface area contributed by atoms with Crippen LogP contribution >= 0.6 is 10.7 Å². The number of rotatable bonds is 8. The molecule has 0 saturated carbocycles. The summed E-state index contributed by atoms with van der Waals surface area (Å²) in [7, 11) is 1.43. The zero-order valence-electron chi connectivity index (χ0n) is 12.3. The number of carbonyl (C=O) groups excluding carboxylic acids is 1. The standard InChI is InChI=1S/C13H20ClNO5S/c1-4-6-15-8-11(21(14,17)18)7-12(15)13(16)20-10(3)9-19-5-2/h7-8,10H,4-6,9H2,1-3H3. The van der Waals surface area contributed by atoms with Gasteiger partial charge in [-0.25, -0.2) is 13.2 Å².